The fraction of sp³-hybridized carbons (Fsp3) is 0.100. The van der Waals surface area contributed by atoms with Crippen LogP contribution in [0.15, 0.2) is 63.0 Å². The maximum absolute atomic E-state index is 12.3. The lowest BCUT2D eigenvalue weighted by Crippen LogP contribution is -2.16. The van der Waals surface area contributed by atoms with Crippen LogP contribution in [0, 0.1) is 0 Å². The molecule has 8 heteroatoms. The molecule has 0 aliphatic carbocycles. The first-order chi connectivity index (χ1) is 13.5. The van der Waals surface area contributed by atoms with E-state index in [2.05, 4.69) is 33.0 Å². The van der Waals surface area contributed by atoms with Gasteiger partial charge >= 0.3 is 5.91 Å². The van der Waals surface area contributed by atoms with Crippen molar-refractivity contribution < 1.29 is 18.7 Å². The molecule has 1 N–H and O–H groups in total. The summed E-state index contributed by atoms with van der Waals surface area (Å²) in [5.41, 5.74) is 3.70. The number of ether oxygens (including phenoxy) is 2. The summed E-state index contributed by atoms with van der Waals surface area (Å²) in [5.74, 6) is 0.764. The van der Waals surface area contributed by atoms with Gasteiger partial charge in [0.05, 0.1) is 13.3 Å². The van der Waals surface area contributed by atoms with Crippen molar-refractivity contribution in [2.24, 2.45) is 5.10 Å². The lowest BCUT2D eigenvalue weighted by Gasteiger charge is -2.11. The van der Waals surface area contributed by atoms with Gasteiger partial charge < -0.3 is 13.9 Å². The second-order valence-corrected chi connectivity index (χ2v) is 6.91. The Labute approximate surface area is 174 Å². The Balaban J connectivity index is 1.74. The first kappa shape index (κ1) is 20.0. The first-order valence-corrected chi connectivity index (χ1v) is 9.32. The molecule has 1 amide bonds. The maximum Gasteiger partial charge on any atom is 0.307 e. The highest BCUT2D eigenvalue weighted by Gasteiger charge is 2.12. The molecule has 0 aliphatic heterocycles. The monoisotopic (exact) mass is 462 g/mol. The van der Waals surface area contributed by atoms with Crippen molar-refractivity contribution in [2.45, 2.75) is 0 Å². The van der Waals surface area contributed by atoms with Gasteiger partial charge in [0.2, 0.25) is 0 Å². The molecule has 1 aromatic heterocycles. The molecule has 2 aromatic carbocycles. The van der Waals surface area contributed by atoms with Gasteiger partial charge in [0.25, 0.3) is 0 Å². The number of amides is 1. The molecule has 0 aliphatic rings. The van der Waals surface area contributed by atoms with Crippen molar-refractivity contribution in [3.8, 4) is 11.5 Å². The molecule has 0 spiro atoms. The third kappa shape index (κ3) is 4.55. The zero-order valence-electron chi connectivity index (χ0n) is 14.9. The van der Waals surface area contributed by atoms with Crippen LogP contribution in [0.25, 0.3) is 11.0 Å². The zero-order chi connectivity index (χ0) is 20.1. The molecule has 3 aromatic rings. The average Bonchev–Trinajstić information content (AvgIpc) is 3.10. The number of nitrogens with zero attached hydrogens (tertiary/aromatic N) is 1. The average molecular weight is 464 g/mol. The van der Waals surface area contributed by atoms with Crippen molar-refractivity contribution in [1.82, 2.24) is 5.43 Å². The van der Waals surface area contributed by atoms with Gasteiger partial charge in [-0.3, -0.25) is 4.79 Å². The number of rotatable bonds is 7. The van der Waals surface area contributed by atoms with Crippen LogP contribution in [0.1, 0.15) is 16.1 Å². The highest BCUT2D eigenvalue weighted by atomic mass is 79.9. The Kier molecular flexibility index (Phi) is 6.38. The largest absolute Gasteiger partial charge is 0.493 e. The summed E-state index contributed by atoms with van der Waals surface area (Å²) in [4.78, 5) is 12.3. The number of hydrogen-bond acceptors (Lipinski definition) is 5. The number of nitrogens with one attached hydrogen (secondary N) is 1. The van der Waals surface area contributed by atoms with E-state index in [-0.39, 0.29) is 5.76 Å². The Morgan fingerprint density at radius 2 is 2.14 bits per heavy atom. The van der Waals surface area contributed by atoms with E-state index in [1.807, 2.05) is 0 Å². The van der Waals surface area contributed by atoms with Crippen molar-refractivity contribution in [1.29, 1.82) is 0 Å². The summed E-state index contributed by atoms with van der Waals surface area (Å²) < 4.78 is 17.1. The molecule has 144 valence electrons. The number of benzene rings is 2. The number of carbonyl (C=O) groups is 1. The molecule has 1 heterocycles. The van der Waals surface area contributed by atoms with Crippen LogP contribution in [-0.4, -0.2) is 25.8 Å². The highest BCUT2D eigenvalue weighted by molar-refractivity contribution is 9.10. The lowest BCUT2D eigenvalue weighted by atomic mass is 10.2. The van der Waals surface area contributed by atoms with E-state index in [9.17, 15) is 4.79 Å². The van der Waals surface area contributed by atoms with Gasteiger partial charge in [-0.05, 0) is 52.3 Å². The van der Waals surface area contributed by atoms with E-state index in [1.165, 1.54) is 6.21 Å². The van der Waals surface area contributed by atoms with Crippen LogP contribution < -0.4 is 14.9 Å². The fourth-order valence-corrected chi connectivity index (χ4v) is 3.02. The molecule has 0 saturated carbocycles. The van der Waals surface area contributed by atoms with E-state index >= 15 is 0 Å². The van der Waals surface area contributed by atoms with Crippen molar-refractivity contribution >= 4 is 50.6 Å². The van der Waals surface area contributed by atoms with Gasteiger partial charge in [-0.25, -0.2) is 5.43 Å². The number of hydrazone groups is 1. The third-order valence-corrected chi connectivity index (χ3v) is 4.63. The number of furan rings is 1. The number of halogens is 2. The van der Waals surface area contributed by atoms with Gasteiger partial charge in [0.15, 0.2) is 17.3 Å². The summed E-state index contributed by atoms with van der Waals surface area (Å²) in [7, 11) is 1.54. The van der Waals surface area contributed by atoms with Gasteiger partial charge in [-0.1, -0.05) is 24.3 Å². The molecule has 0 fully saturated rings. The smallest absolute Gasteiger partial charge is 0.307 e. The van der Waals surface area contributed by atoms with E-state index in [0.717, 1.165) is 9.86 Å². The summed E-state index contributed by atoms with van der Waals surface area (Å²) in [5, 5.41) is 5.29. The second kappa shape index (κ2) is 8.95. The Morgan fingerprint density at radius 3 is 2.89 bits per heavy atom. The van der Waals surface area contributed by atoms with Gasteiger partial charge in [0, 0.05) is 20.4 Å². The van der Waals surface area contributed by atoms with E-state index in [1.54, 1.807) is 49.6 Å². The molecular weight excluding hydrogens is 448 g/mol. The minimum Gasteiger partial charge on any atom is -0.493 e. The Bertz CT molecular complexity index is 1060. The summed E-state index contributed by atoms with van der Waals surface area (Å²) in [6.45, 7) is 3.97. The quantitative estimate of drug-likeness (QED) is 0.297. The van der Waals surface area contributed by atoms with Gasteiger partial charge in [0.1, 0.15) is 12.2 Å². The SMILES string of the molecule is C=CCOc1cc(Br)c(/C=N/NC(=O)c2cc3cc(Cl)ccc3o2)cc1OC. The third-order valence-electron chi connectivity index (χ3n) is 3.71. The molecular formula is C20H16BrClN2O4. The minimum absolute atomic E-state index is 0.138. The highest BCUT2D eigenvalue weighted by Crippen LogP contribution is 2.33. The van der Waals surface area contributed by atoms with E-state index < -0.39 is 5.91 Å². The van der Waals surface area contributed by atoms with Crippen LogP contribution in [0.5, 0.6) is 11.5 Å². The Hall–Kier alpha value is -2.77. The van der Waals surface area contributed by atoms with E-state index in [4.69, 9.17) is 25.5 Å². The molecule has 3 rings (SSSR count). The molecule has 0 saturated heterocycles. The topological polar surface area (TPSA) is 73.1 Å². The molecule has 0 unspecified atom stereocenters. The van der Waals surface area contributed by atoms with Crippen LogP contribution in [0.4, 0.5) is 0 Å². The number of hydrogen-bond donors (Lipinski definition) is 1. The Morgan fingerprint density at radius 1 is 1.32 bits per heavy atom. The summed E-state index contributed by atoms with van der Waals surface area (Å²) >= 11 is 9.39. The fourth-order valence-electron chi connectivity index (χ4n) is 2.41. The summed E-state index contributed by atoms with van der Waals surface area (Å²) in [6, 6.07) is 10.2. The van der Waals surface area contributed by atoms with Crippen LogP contribution >= 0.6 is 27.5 Å². The van der Waals surface area contributed by atoms with Crippen LogP contribution in [0.2, 0.25) is 5.02 Å². The van der Waals surface area contributed by atoms with Crippen LogP contribution in [0.3, 0.4) is 0 Å². The standard InChI is InChI=1S/C20H16BrClN2O4/c1-3-6-27-18-10-15(21)13(9-17(18)26-2)11-23-24-20(25)19-8-12-7-14(22)4-5-16(12)28-19/h3-5,7-11H,1,6H2,2H3,(H,24,25)/b23-11+. The van der Waals surface area contributed by atoms with Crippen molar-refractivity contribution in [3.63, 3.8) is 0 Å². The molecule has 0 radical (unpaired) electrons. The molecule has 0 bridgehead atoms. The van der Waals surface area contributed by atoms with Gasteiger partial charge in [-0.2, -0.15) is 5.10 Å². The van der Waals surface area contributed by atoms with Crippen molar-refractivity contribution in [2.75, 3.05) is 13.7 Å². The molecule has 28 heavy (non-hydrogen) atoms. The number of methoxy groups -OCH3 is 1. The number of fused-ring (bicyclic) bond motifs is 1. The van der Waals surface area contributed by atoms with E-state index in [0.29, 0.717) is 34.3 Å². The lowest BCUT2D eigenvalue weighted by molar-refractivity contribution is 0.0929. The normalized spacial score (nSPS) is 11.0. The first-order valence-electron chi connectivity index (χ1n) is 8.15. The summed E-state index contributed by atoms with van der Waals surface area (Å²) in [6.07, 6.45) is 3.13. The van der Waals surface area contributed by atoms with Crippen molar-refractivity contribution in [3.05, 3.63) is 69.9 Å². The minimum atomic E-state index is -0.474. The van der Waals surface area contributed by atoms with Gasteiger partial charge in [-0.15, -0.1) is 0 Å². The predicted octanol–water partition coefficient (Wildman–Crippen LogP) is 5.19. The predicted molar refractivity (Wildman–Crippen MR) is 113 cm³/mol. The number of carbonyl (C=O) groups excluding carboxylic acids is 1. The second-order valence-electron chi connectivity index (χ2n) is 5.62. The van der Waals surface area contributed by atoms with Crippen LogP contribution in [-0.2, 0) is 0 Å². The maximum atomic E-state index is 12.3. The molecule has 0 atom stereocenters. The zero-order valence-corrected chi connectivity index (χ0v) is 17.2. The molecule has 6 nitrogen and oxygen atoms in total.